The van der Waals surface area contributed by atoms with Crippen LogP contribution in [0.3, 0.4) is 0 Å². The quantitative estimate of drug-likeness (QED) is 0.793. The Balaban J connectivity index is 1.60. The fourth-order valence-electron chi connectivity index (χ4n) is 1.95. The van der Waals surface area contributed by atoms with Gasteiger partial charge in [0.1, 0.15) is 0 Å². The van der Waals surface area contributed by atoms with Gasteiger partial charge < -0.3 is 10.1 Å². The van der Waals surface area contributed by atoms with Gasteiger partial charge in [-0.2, -0.15) is 11.8 Å². The molecule has 1 aromatic rings. The molecule has 2 rings (SSSR count). The number of carbonyl (C=O) groups is 1. The highest BCUT2D eigenvalue weighted by Gasteiger charge is 2.10. The standard InChI is InChI=1S/C14H19BrN2O2S/c15-12-2-1-3-13(10-12)16-14(18)11-20-9-6-17-4-7-19-8-5-17/h1-3,10H,4-9,11H2,(H,16,18). The number of amides is 1. The van der Waals surface area contributed by atoms with Crippen LogP contribution in [-0.2, 0) is 9.53 Å². The van der Waals surface area contributed by atoms with Gasteiger partial charge in [-0.1, -0.05) is 22.0 Å². The molecule has 1 fully saturated rings. The van der Waals surface area contributed by atoms with Gasteiger partial charge >= 0.3 is 0 Å². The van der Waals surface area contributed by atoms with Crippen LogP contribution < -0.4 is 5.32 Å². The van der Waals surface area contributed by atoms with Crippen molar-refractivity contribution in [3.8, 4) is 0 Å². The molecular formula is C14H19BrN2O2S. The summed E-state index contributed by atoms with van der Waals surface area (Å²) in [5.41, 5.74) is 0.832. The Morgan fingerprint density at radius 3 is 2.95 bits per heavy atom. The summed E-state index contributed by atoms with van der Waals surface area (Å²) < 4.78 is 6.27. The summed E-state index contributed by atoms with van der Waals surface area (Å²) >= 11 is 5.06. The third-order valence-corrected chi connectivity index (χ3v) is 4.43. The third-order valence-electron chi connectivity index (χ3n) is 3.00. The maximum Gasteiger partial charge on any atom is 0.234 e. The second-order valence-corrected chi connectivity index (χ2v) is 6.59. The van der Waals surface area contributed by atoms with Crippen LogP contribution in [0.4, 0.5) is 5.69 Å². The van der Waals surface area contributed by atoms with Crippen LogP contribution in [0.15, 0.2) is 28.7 Å². The maximum atomic E-state index is 11.8. The Hall–Kier alpha value is -0.560. The first-order valence-electron chi connectivity index (χ1n) is 6.67. The van der Waals surface area contributed by atoms with E-state index in [9.17, 15) is 4.79 Å². The molecule has 1 aliphatic heterocycles. The van der Waals surface area contributed by atoms with Gasteiger partial charge in [-0.15, -0.1) is 0 Å². The van der Waals surface area contributed by atoms with Crippen molar-refractivity contribution in [2.75, 3.05) is 49.7 Å². The van der Waals surface area contributed by atoms with Crippen LogP contribution in [0, 0.1) is 0 Å². The minimum Gasteiger partial charge on any atom is -0.379 e. The molecule has 1 heterocycles. The molecule has 0 atom stereocenters. The average Bonchev–Trinajstić information content (AvgIpc) is 2.45. The maximum absolute atomic E-state index is 11.8. The van der Waals surface area contributed by atoms with Gasteiger partial charge in [0, 0.05) is 35.5 Å². The van der Waals surface area contributed by atoms with Crippen LogP contribution in [0.25, 0.3) is 0 Å². The molecule has 110 valence electrons. The van der Waals surface area contributed by atoms with E-state index in [-0.39, 0.29) is 5.91 Å². The van der Waals surface area contributed by atoms with Crippen molar-refractivity contribution in [1.29, 1.82) is 0 Å². The Morgan fingerprint density at radius 1 is 1.40 bits per heavy atom. The van der Waals surface area contributed by atoms with Crippen molar-refractivity contribution in [3.05, 3.63) is 28.7 Å². The van der Waals surface area contributed by atoms with E-state index in [1.54, 1.807) is 11.8 Å². The lowest BCUT2D eigenvalue weighted by Gasteiger charge is -2.26. The number of halogens is 1. The molecule has 6 heteroatoms. The van der Waals surface area contributed by atoms with E-state index in [1.807, 2.05) is 24.3 Å². The fraction of sp³-hybridized carbons (Fsp3) is 0.500. The monoisotopic (exact) mass is 358 g/mol. The first-order chi connectivity index (χ1) is 9.74. The molecule has 0 aromatic heterocycles. The molecular weight excluding hydrogens is 340 g/mol. The summed E-state index contributed by atoms with van der Waals surface area (Å²) in [6.07, 6.45) is 0. The van der Waals surface area contributed by atoms with Gasteiger partial charge in [0.25, 0.3) is 0 Å². The minimum absolute atomic E-state index is 0.0510. The summed E-state index contributed by atoms with van der Waals surface area (Å²) in [7, 11) is 0. The number of morpholine rings is 1. The zero-order valence-electron chi connectivity index (χ0n) is 11.3. The molecule has 1 aromatic carbocycles. The van der Waals surface area contributed by atoms with Crippen molar-refractivity contribution in [3.63, 3.8) is 0 Å². The highest BCUT2D eigenvalue weighted by Crippen LogP contribution is 2.16. The Kier molecular flexibility index (Phi) is 6.86. The predicted octanol–water partition coefficient (Wildman–Crippen LogP) is 2.45. The van der Waals surface area contributed by atoms with Gasteiger partial charge in [0.2, 0.25) is 5.91 Å². The number of hydrogen-bond acceptors (Lipinski definition) is 4. The second-order valence-electron chi connectivity index (χ2n) is 4.57. The molecule has 4 nitrogen and oxygen atoms in total. The zero-order valence-corrected chi connectivity index (χ0v) is 13.7. The van der Waals surface area contributed by atoms with E-state index in [0.717, 1.165) is 48.8 Å². The van der Waals surface area contributed by atoms with E-state index in [1.165, 1.54) is 0 Å². The second kappa shape index (κ2) is 8.67. The largest absolute Gasteiger partial charge is 0.379 e. The van der Waals surface area contributed by atoms with Gasteiger partial charge in [-0.25, -0.2) is 0 Å². The van der Waals surface area contributed by atoms with Crippen LogP contribution in [0.5, 0.6) is 0 Å². The van der Waals surface area contributed by atoms with E-state index >= 15 is 0 Å². The first kappa shape index (κ1) is 15.8. The fourth-order valence-corrected chi connectivity index (χ4v) is 3.14. The first-order valence-corrected chi connectivity index (χ1v) is 8.62. The van der Waals surface area contributed by atoms with Crippen molar-refractivity contribution in [1.82, 2.24) is 4.90 Å². The Morgan fingerprint density at radius 2 is 2.20 bits per heavy atom. The minimum atomic E-state index is 0.0510. The normalized spacial score (nSPS) is 16.1. The molecule has 0 spiro atoms. The molecule has 0 aliphatic carbocycles. The van der Waals surface area contributed by atoms with Crippen molar-refractivity contribution in [2.24, 2.45) is 0 Å². The van der Waals surface area contributed by atoms with E-state index in [4.69, 9.17) is 4.74 Å². The Bertz CT molecular complexity index is 439. The summed E-state index contributed by atoms with van der Waals surface area (Å²) in [4.78, 5) is 14.2. The van der Waals surface area contributed by atoms with E-state index in [2.05, 4.69) is 26.1 Å². The van der Waals surface area contributed by atoms with Crippen LogP contribution in [-0.4, -0.2) is 55.2 Å². The summed E-state index contributed by atoms with van der Waals surface area (Å²) in [6, 6.07) is 7.63. The smallest absolute Gasteiger partial charge is 0.234 e. The topological polar surface area (TPSA) is 41.6 Å². The average molecular weight is 359 g/mol. The SMILES string of the molecule is O=C(CSCCN1CCOCC1)Nc1cccc(Br)c1. The third kappa shape index (κ3) is 5.83. The van der Waals surface area contributed by atoms with Crippen LogP contribution in [0.2, 0.25) is 0 Å². The highest BCUT2D eigenvalue weighted by atomic mass is 79.9. The van der Waals surface area contributed by atoms with Crippen molar-refractivity contribution >= 4 is 39.3 Å². The number of anilines is 1. The summed E-state index contributed by atoms with van der Waals surface area (Å²) in [6.45, 7) is 4.69. The number of ether oxygens (including phenoxy) is 1. The van der Waals surface area contributed by atoms with Gasteiger partial charge in [-0.3, -0.25) is 9.69 Å². The lowest BCUT2D eigenvalue weighted by atomic mass is 10.3. The van der Waals surface area contributed by atoms with Gasteiger partial charge in [-0.05, 0) is 18.2 Å². The Labute approximate surface area is 132 Å². The lowest BCUT2D eigenvalue weighted by Crippen LogP contribution is -2.37. The molecule has 0 unspecified atom stereocenters. The lowest BCUT2D eigenvalue weighted by molar-refractivity contribution is -0.113. The number of carbonyl (C=O) groups excluding carboxylic acids is 1. The number of hydrogen-bond donors (Lipinski definition) is 1. The summed E-state index contributed by atoms with van der Waals surface area (Å²) in [5.74, 6) is 1.53. The molecule has 0 radical (unpaired) electrons. The molecule has 1 amide bonds. The molecule has 1 saturated heterocycles. The molecule has 20 heavy (non-hydrogen) atoms. The molecule has 0 saturated carbocycles. The van der Waals surface area contributed by atoms with Gasteiger partial charge in [0.05, 0.1) is 19.0 Å². The highest BCUT2D eigenvalue weighted by molar-refractivity contribution is 9.10. The van der Waals surface area contributed by atoms with Crippen molar-refractivity contribution < 1.29 is 9.53 Å². The van der Waals surface area contributed by atoms with E-state index in [0.29, 0.717) is 5.75 Å². The van der Waals surface area contributed by atoms with Crippen LogP contribution >= 0.6 is 27.7 Å². The van der Waals surface area contributed by atoms with Crippen LogP contribution in [0.1, 0.15) is 0 Å². The number of thioether (sulfide) groups is 1. The van der Waals surface area contributed by atoms with Gasteiger partial charge in [0.15, 0.2) is 0 Å². The zero-order chi connectivity index (χ0) is 14.2. The number of nitrogens with zero attached hydrogens (tertiary/aromatic N) is 1. The molecule has 0 bridgehead atoms. The molecule has 1 aliphatic rings. The molecule has 1 N–H and O–H groups in total. The summed E-state index contributed by atoms with van der Waals surface area (Å²) in [5, 5.41) is 2.90. The number of benzene rings is 1. The van der Waals surface area contributed by atoms with Crippen molar-refractivity contribution in [2.45, 2.75) is 0 Å². The van der Waals surface area contributed by atoms with E-state index < -0.39 is 0 Å². The number of rotatable bonds is 6. The number of nitrogens with one attached hydrogen (secondary N) is 1. The predicted molar refractivity (Wildman–Crippen MR) is 87.4 cm³/mol.